The molecule has 2 aliphatic rings. The highest BCUT2D eigenvalue weighted by Gasteiger charge is 2.67. The van der Waals surface area contributed by atoms with Crippen LogP contribution in [0.5, 0.6) is 0 Å². The van der Waals surface area contributed by atoms with Crippen LogP contribution >= 0.6 is 23.2 Å². The van der Waals surface area contributed by atoms with Crippen LogP contribution < -0.4 is 5.32 Å². The van der Waals surface area contributed by atoms with Crippen LogP contribution in [0.2, 0.25) is 10.0 Å². The average Bonchev–Trinajstić information content (AvgIpc) is 2.82. The molecule has 0 bridgehead atoms. The lowest BCUT2D eigenvalue weighted by Crippen LogP contribution is -2.31. The van der Waals surface area contributed by atoms with Gasteiger partial charge in [0.05, 0.1) is 22.8 Å². The summed E-state index contributed by atoms with van der Waals surface area (Å²) in [6.07, 6.45) is 1.36. The van der Waals surface area contributed by atoms with Crippen molar-refractivity contribution in [3.05, 3.63) is 33.8 Å². The minimum atomic E-state index is 0.142. The lowest BCUT2D eigenvalue weighted by atomic mass is 9.91. The van der Waals surface area contributed by atoms with E-state index in [1.165, 1.54) is 5.56 Å². The molecular formula is C16H21Cl2NO. The third-order valence-corrected chi connectivity index (χ3v) is 5.81. The van der Waals surface area contributed by atoms with Crippen LogP contribution in [-0.4, -0.2) is 25.8 Å². The van der Waals surface area contributed by atoms with Crippen LogP contribution in [0.15, 0.2) is 18.2 Å². The van der Waals surface area contributed by atoms with E-state index in [-0.39, 0.29) is 5.41 Å². The zero-order valence-electron chi connectivity index (χ0n) is 12.0. The SMILES string of the molecule is CCC(C)OC[C@]1(c2ccc(Cl)c(Cl)c2)[C@@H]2CNC[C@@H]21. The van der Waals surface area contributed by atoms with Crippen LogP contribution in [0, 0.1) is 11.8 Å². The van der Waals surface area contributed by atoms with Crippen LogP contribution in [-0.2, 0) is 10.2 Å². The Kier molecular flexibility index (Phi) is 4.02. The van der Waals surface area contributed by atoms with Gasteiger partial charge in [0.2, 0.25) is 0 Å². The van der Waals surface area contributed by atoms with Gasteiger partial charge < -0.3 is 10.1 Å². The predicted octanol–water partition coefficient (Wildman–Crippen LogP) is 3.90. The molecule has 0 aromatic heterocycles. The fourth-order valence-electron chi connectivity index (χ4n) is 3.56. The van der Waals surface area contributed by atoms with Crippen molar-refractivity contribution in [3.63, 3.8) is 0 Å². The summed E-state index contributed by atoms with van der Waals surface area (Å²) in [5.41, 5.74) is 1.43. The molecule has 0 spiro atoms. The van der Waals surface area contributed by atoms with Gasteiger partial charge in [0.15, 0.2) is 0 Å². The number of benzene rings is 1. The Labute approximate surface area is 130 Å². The molecule has 1 aliphatic heterocycles. The van der Waals surface area contributed by atoms with Crippen molar-refractivity contribution in [2.45, 2.75) is 31.8 Å². The smallest absolute Gasteiger partial charge is 0.0595 e. The van der Waals surface area contributed by atoms with Crippen molar-refractivity contribution in [1.29, 1.82) is 0 Å². The van der Waals surface area contributed by atoms with Gasteiger partial charge >= 0.3 is 0 Å². The Morgan fingerprint density at radius 3 is 2.60 bits per heavy atom. The van der Waals surface area contributed by atoms with Crippen molar-refractivity contribution in [2.24, 2.45) is 11.8 Å². The molecule has 1 saturated carbocycles. The maximum Gasteiger partial charge on any atom is 0.0595 e. The highest BCUT2D eigenvalue weighted by Crippen LogP contribution is 2.62. The van der Waals surface area contributed by atoms with Gasteiger partial charge in [-0.15, -0.1) is 0 Å². The Bertz CT molecular complexity index is 495. The van der Waals surface area contributed by atoms with E-state index in [0.717, 1.165) is 26.1 Å². The summed E-state index contributed by atoms with van der Waals surface area (Å²) in [7, 11) is 0. The normalized spacial score (nSPS) is 33.0. The van der Waals surface area contributed by atoms with Gasteiger partial charge in [-0.1, -0.05) is 36.2 Å². The average molecular weight is 314 g/mol. The van der Waals surface area contributed by atoms with Crippen molar-refractivity contribution in [2.75, 3.05) is 19.7 Å². The van der Waals surface area contributed by atoms with E-state index in [9.17, 15) is 0 Å². The summed E-state index contributed by atoms with van der Waals surface area (Å²) in [4.78, 5) is 0. The molecule has 1 aromatic rings. The second-order valence-corrected chi connectivity index (χ2v) is 6.88. The molecule has 4 atom stereocenters. The van der Waals surface area contributed by atoms with Crippen molar-refractivity contribution in [3.8, 4) is 0 Å². The van der Waals surface area contributed by atoms with Gasteiger partial charge in [0, 0.05) is 5.41 Å². The van der Waals surface area contributed by atoms with Gasteiger partial charge in [-0.2, -0.15) is 0 Å². The third kappa shape index (κ3) is 2.27. The first-order valence-corrected chi connectivity index (χ1v) is 8.13. The summed E-state index contributed by atoms with van der Waals surface area (Å²) in [5.74, 6) is 1.34. The standard InChI is InChI=1S/C16H21Cl2NO/c1-3-10(2)20-9-16(12-7-19-8-13(12)16)11-4-5-14(17)15(18)6-11/h4-6,10,12-13,19H,3,7-9H2,1-2H3/t10?,12-,13+,16+. The summed E-state index contributed by atoms with van der Waals surface area (Å²) in [6, 6.07) is 6.06. The molecule has 3 rings (SSSR count). The van der Waals surface area contributed by atoms with Gasteiger partial charge in [-0.25, -0.2) is 0 Å². The second-order valence-electron chi connectivity index (χ2n) is 6.07. The molecule has 20 heavy (non-hydrogen) atoms. The van der Waals surface area contributed by atoms with Crippen molar-refractivity contribution < 1.29 is 4.74 Å². The zero-order chi connectivity index (χ0) is 14.3. The summed E-state index contributed by atoms with van der Waals surface area (Å²) in [5, 5.41) is 4.73. The molecule has 110 valence electrons. The second kappa shape index (κ2) is 5.49. The Morgan fingerprint density at radius 1 is 1.30 bits per heavy atom. The minimum absolute atomic E-state index is 0.142. The number of hydrogen-bond donors (Lipinski definition) is 1. The molecule has 4 heteroatoms. The maximum atomic E-state index is 6.21. The van der Waals surface area contributed by atoms with Crippen LogP contribution in [0.4, 0.5) is 0 Å². The molecule has 2 nitrogen and oxygen atoms in total. The number of ether oxygens (including phenoxy) is 1. The number of piperidine rings is 1. The molecule has 1 N–H and O–H groups in total. The highest BCUT2D eigenvalue weighted by molar-refractivity contribution is 6.42. The number of fused-ring (bicyclic) bond motifs is 1. The minimum Gasteiger partial charge on any atom is -0.378 e. The number of hydrogen-bond acceptors (Lipinski definition) is 2. The van der Waals surface area contributed by atoms with Crippen LogP contribution in [0.3, 0.4) is 0 Å². The number of rotatable bonds is 5. The summed E-state index contributed by atoms with van der Waals surface area (Å²) >= 11 is 12.3. The maximum absolute atomic E-state index is 6.21. The summed E-state index contributed by atoms with van der Waals surface area (Å²) < 4.78 is 6.08. The fourth-order valence-corrected chi connectivity index (χ4v) is 3.85. The Balaban J connectivity index is 1.85. The van der Waals surface area contributed by atoms with E-state index >= 15 is 0 Å². The van der Waals surface area contributed by atoms with Gasteiger partial charge in [-0.05, 0) is 56.0 Å². The van der Waals surface area contributed by atoms with E-state index in [4.69, 9.17) is 27.9 Å². The van der Waals surface area contributed by atoms with E-state index in [1.54, 1.807) is 0 Å². The molecule has 1 aromatic carbocycles. The third-order valence-electron chi connectivity index (χ3n) is 5.07. The van der Waals surface area contributed by atoms with Crippen molar-refractivity contribution in [1.82, 2.24) is 5.32 Å². The molecule has 1 heterocycles. The monoisotopic (exact) mass is 313 g/mol. The van der Waals surface area contributed by atoms with E-state index in [2.05, 4.69) is 25.2 Å². The highest BCUT2D eigenvalue weighted by atomic mass is 35.5. The molecule has 1 aliphatic carbocycles. The predicted molar refractivity (Wildman–Crippen MR) is 83.7 cm³/mol. The molecule has 0 amide bonds. The van der Waals surface area contributed by atoms with Gasteiger partial charge in [0.25, 0.3) is 0 Å². The number of nitrogens with one attached hydrogen (secondary N) is 1. The molecule has 1 saturated heterocycles. The van der Waals surface area contributed by atoms with Gasteiger partial charge in [-0.3, -0.25) is 0 Å². The fraction of sp³-hybridized carbons (Fsp3) is 0.625. The topological polar surface area (TPSA) is 21.3 Å². The van der Waals surface area contributed by atoms with Crippen molar-refractivity contribution >= 4 is 23.2 Å². The molecule has 0 radical (unpaired) electrons. The molecular weight excluding hydrogens is 293 g/mol. The van der Waals surface area contributed by atoms with Gasteiger partial charge in [0.1, 0.15) is 0 Å². The first kappa shape index (κ1) is 14.6. The quantitative estimate of drug-likeness (QED) is 0.890. The van der Waals surface area contributed by atoms with E-state index < -0.39 is 0 Å². The zero-order valence-corrected chi connectivity index (χ0v) is 13.5. The van der Waals surface area contributed by atoms with Crippen LogP contribution in [0.1, 0.15) is 25.8 Å². The summed E-state index contributed by atoms with van der Waals surface area (Å²) in [6.45, 7) is 7.24. The van der Waals surface area contributed by atoms with E-state index in [1.807, 2.05) is 12.1 Å². The van der Waals surface area contributed by atoms with Crippen LogP contribution in [0.25, 0.3) is 0 Å². The lowest BCUT2D eigenvalue weighted by Gasteiger charge is -2.24. The lowest BCUT2D eigenvalue weighted by molar-refractivity contribution is 0.0411. The molecule has 1 unspecified atom stereocenters. The first-order valence-electron chi connectivity index (χ1n) is 7.37. The Morgan fingerprint density at radius 2 is 2.00 bits per heavy atom. The first-order chi connectivity index (χ1) is 9.59. The van der Waals surface area contributed by atoms with E-state index in [0.29, 0.717) is 28.0 Å². The largest absolute Gasteiger partial charge is 0.378 e. The molecule has 2 fully saturated rings. The Hall–Kier alpha value is -0.280. The number of halogens is 2.